The SMILES string of the molecule is CC1=CO[C@H](Cc2ccccc2S(=O)(=O)c2ccc(C)cc2)[C@@H](C)C1=O. The van der Waals surface area contributed by atoms with Gasteiger partial charge in [-0.3, -0.25) is 4.79 Å². The number of benzene rings is 2. The van der Waals surface area contributed by atoms with Crippen LogP contribution >= 0.6 is 0 Å². The van der Waals surface area contributed by atoms with Crippen LogP contribution in [0.15, 0.2) is 70.2 Å². The van der Waals surface area contributed by atoms with Crippen LogP contribution in [0, 0.1) is 12.8 Å². The Bertz CT molecular complexity index is 956. The van der Waals surface area contributed by atoms with Gasteiger partial charge < -0.3 is 4.74 Å². The van der Waals surface area contributed by atoms with Crippen LogP contribution in [0.2, 0.25) is 0 Å². The molecule has 0 saturated heterocycles. The zero-order valence-electron chi connectivity index (χ0n) is 15.1. The van der Waals surface area contributed by atoms with Gasteiger partial charge in [-0.25, -0.2) is 8.42 Å². The third kappa shape index (κ3) is 3.44. The minimum Gasteiger partial charge on any atom is -0.497 e. The molecule has 0 bridgehead atoms. The molecular formula is C21H22O4S. The van der Waals surface area contributed by atoms with Gasteiger partial charge in [-0.1, -0.05) is 42.8 Å². The fourth-order valence-corrected chi connectivity index (χ4v) is 4.62. The molecule has 0 unspecified atom stereocenters. The van der Waals surface area contributed by atoms with E-state index in [0.717, 1.165) is 5.56 Å². The summed E-state index contributed by atoms with van der Waals surface area (Å²) >= 11 is 0. The van der Waals surface area contributed by atoms with E-state index in [1.165, 1.54) is 6.26 Å². The lowest BCUT2D eigenvalue weighted by Crippen LogP contribution is -2.33. The number of allylic oxidation sites excluding steroid dienone is 1. The Balaban J connectivity index is 1.96. The lowest BCUT2D eigenvalue weighted by atomic mass is 9.89. The number of ether oxygens (including phenoxy) is 1. The quantitative estimate of drug-likeness (QED) is 0.819. The molecule has 2 atom stereocenters. The maximum absolute atomic E-state index is 13.1. The molecule has 2 aromatic rings. The van der Waals surface area contributed by atoms with Gasteiger partial charge in [0.2, 0.25) is 9.84 Å². The first-order valence-corrected chi connectivity index (χ1v) is 10.0. The number of carbonyl (C=O) groups is 1. The molecule has 0 spiro atoms. The second-order valence-corrected chi connectivity index (χ2v) is 8.67. The van der Waals surface area contributed by atoms with Gasteiger partial charge in [0.15, 0.2) is 5.78 Å². The third-order valence-electron chi connectivity index (χ3n) is 4.79. The number of carbonyl (C=O) groups excluding carboxylic acids is 1. The van der Waals surface area contributed by atoms with Crippen LogP contribution < -0.4 is 0 Å². The summed E-state index contributed by atoms with van der Waals surface area (Å²) < 4.78 is 31.9. The van der Waals surface area contributed by atoms with E-state index in [0.29, 0.717) is 17.6 Å². The molecule has 0 aromatic heterocycles. The maximum Gasteiger partial charge on any atom is 0.206 e. The van der Waals surface area contributed by atoms with E-state index in [4.69, 9.17) is 4.74 Å². The van der Waals surface area contributed by atoms with Gasteiger partial charge in [0.05, 0.1) is 22.0 Å². The number of hydrogen-bond donors (Lipinski definition) is 0. The average molecular weight is 370 g/mol. The second-order valence-electron chi connectivity index (χ2n) is 6.76. The van der Waals surface area contributed by atoms with E-state index in [-0.39, 0.29) is 27.6 Å². The molecule has 3 rings (SSSR count). The average Bonchev–Trinajstić information content (AvgIpc) is 2.63. The maximum atomic E-state index is 13.1. The highest BCUT2D eigenvalue weighted by Gasteiger charge is 2.31. The standard InChI is InChI=1S/C21H22O4S/c1-14-8-10-18(11-9-14)26(23,24)20-7-5-4-6-17(20)12-19-16(3)21(22)15(2)13-25-19/h4-11,13,16,19H,12H2,1-3H3/t16-,19-/m1/s1. The van der Waals surface area contributed by atoms with E-state index in [1.54, 1.807) is 55.5 Å². The number of Topliss-reactive ketones (excluding diaryl/α,β-unsaturated/α-hetero) is 1. The van der Waals surface area contributed by atoms with Crippen LogP contribution in [0.1, 0.15) is 25.0 Å². The molecule has 0 fully saturated rings. The van der Waals surface area contributed by atoms with Gasteiger partial charge in [0, 0.05) is 12.0 Å². The van der Waals surface area contributed by atoms with Gasteiger partial charge in [0.25, 0.3) is 0 Å². The molecule has 0 aliphatic carbocycles. The summed E-state index contributed by atoms with van der Waals surface area (Å²) in [6.45, 7) is 5.46. The predicted octanol–water partition coefficient (Wildman–Crippen LogP) is 3.88. The molecule has 0 saturated carbocycles. The third-order valence-corrected chi connectivity index (χ3v) is 6.66. The number of ketones is 1. The van der Waals surface area contributed by atoms with E-state index in [2.05, 4.69) is 0 Å². The summed E-state index contributed by atoms with van der Waals surface area (Å²) in [6.07, 6.45) is 1.46. The van der Waals surface area contributed by atoms with Crippen molar-refractivity contribution in [2.24, 2.45) is 5.92 Å². The highest BCUT2D eigenvalue weighted by Crippen LogP contribution is 2.29. The molecule has 26 heavy (non-hydrogen) atoms. The van der Waals surface area contributed by atoms with Gasteiger partial charge in [-0.05, 0) is 37.6 Å². The summed E-state index contributed by atoms with van der Waals surface area (Å²) in [5.74, 6) is -0.268. The molecule has 1 aliphatic rings. The van der Waals surface area contributed by atoms with Crippen molar-refractivity contribution >= 4 is 15.6 Å². The Kier molecular flexibility index (Phi) is 5.01. The molecule has 5 heteroatoms. The van der Waals surface area contributed by atoms with Crippen LogP contribution in [0.3, 0.4) is 0 Å². The largest absolute Gasteiger partial charge is 0.497 e. The second kappa shape index (κ2) is 7.08. The van der Waals surface area contributed by atoms with Crippen LogP contribution in [0.4, 0.5) is 0 Å². The first kappa shape index (κ1) is 18.4. The number of rotatable bonds is 4. The summed E-state index contributed by atoms with van der Waals surface area (Å²) in [5, 5.41) is 0. The summed E-state index contributed by atoms with van der Waals surface area (Å²) in [6, 6.07) is 13.7. The summed E-state index contributed by atoms with van der Waals surface area (Å²) in [5.41, 5.74) is 2.25. The zero-order valence-corrected chi connectivity index (χ0v) is 15.9. The monoisotopic (exact) mass is 370 g/mol. The van der Waals surface area contributed by atoms with Crippen molar-refractivity contribution in [1.29, 1.82) is 0 Å². The number of hydrogen-bond acceptors (Lipinski definition) is 4. The molecule has 136 valence electrons. The van der Waals surface area contributed by atoms with Crippen LogP contribution in [0.5, 0.6) is 0 Å². The van der Waals surface area contributed by atoms with Crippen LogP contribution in [-0.2, 0) is 25.8 Å². The Morgan fingerprint density at radius 1 is 1.00 bits per heavy atom. The van der Waals surface area contributed by atoms with Gasteiger partial charge in [0.1, 0.15) is 6.10 Å². The van der Waals surface area contributed by atoms with E-state index >= 15 is 0 Å². The first-order valence-electron chi connectivity index (χ1n) is 8.57. The highest BCUT2D eigenvalue weighted by atomic mass is 32.2. The van der Waals surface area contributed by atoms with Crippen molar-refractivity contribution in [2.45, 2.75) is 43.1 Å². The fraction of sp³-hybridized carbons (Fsp3) is 0.286. The minimum atomic E-state index is -3.63. The van der Waals surface area contributed by atoms with Crippen molar-refractivity contribution in [2.75, 3.05) is 0 Å². The molecule has 1 aliphatic heterocycles. The normalized spacial score (nSPS) is 20.4. The Hall–Kier alpha value is -2.40. The van der Waals surface area contributed by atoms with E-state index in [9.17, 15) is 13.2 Å². The molecule has 0 amide bonds. The Labute approximate surface area is 154 Å². The molecule has 2 aromatic carbocycles. The Morgan fingerprint density at radius 2 is 1.65 bits per heavy atom. The lowest BCUT2D eigenvalue weighted by Gasteiger charge is -2.27. The fourth-order valence-electron chi connectivity index (χ4n) is 3.11. The van der Waals surface area contributed by atoms with Crippen molar-refractivity contribution < 1.29 is 17.9 Å². The van der Waals surface area contributed by atoms with Gasteiger partial charge in [-0.2, -0.15) is 0 Å². The van der Waals surface area contributed by atoms with Gasteiger partial charge in [-0.15, -0.1) is 0 Å². The first-order chi connectivity index (χ1) is 12.3. The molecular weight excluding hydrogens is 348 g/mol. The molecule has 4 nitrogen and oxygen atoms in total. The van der Waals surface area contributed by atoms with Crippen molar-refractivity contribution in [3.05, 3.63) is 71.5 Å². The highest BCUT2D eigenvalue weighted by molar-refractivity contribution is 7.91. The lowest BCUT2D eigenvalue weighted by molar-refractivity contribution is -0.124. The predicted molar refractivity (Wildman–Crippen MR) is 99.6 cm³/mol. The molecule has 0 radical (unpaired) electrons. The van der Waals surface area contributed by atoms with Crippen molar-refractivity contribution in [3.63, 3.8) is 0 Å². The smallest absolute Gasteiger partial charge is 0.206 e. The van der Waals surface area contributed by atoms with Crippen LogP contribution in [-0.4, -0.2) is 20.3 Å². The summed E-state index contributed by atoms with van der Waals surface area (Å²) in [7, 11) is -3.63. The van der Waals surface area contributed by atoms with Gasteiger partial charge >= 0.3 is 0 Å². The minimum absolute atomic E-state index is 0.0418. The van der Waals surface area contributed by atoms with Crippen molar-refractivity contribution in [3.8, 4) is 0 Å². The number of aryl methyl sites for hydroxylation is 1. The van der Waals surface area contributed by atoms with E-state index in [1.807, 2.05) is 13.8 Å². The topological polar surface area (TPSA) is 60.4 Å². The molecule has 1 heterocycles. The van der Waals surface area contributed by atoms with E-state index < -0.39 is 9.84 Å². The number of sulfone groups is 1. The zero-order chi connectivity index (χ0) is 18.9. The Morgan fingerprint density at radius 3 is 2.35 bits per heavy atom. The van der Waals surface area contributed by atoms with Crippen LogP contribution in [0.25, 0.3) is 0 Å². The summed E-state index contributed by atoms with van der Waals surface area (Å²) in [4.78, 5) is 12.7. The van der Waals surface area contributed by atoms with Crippen molar-refractivity contribution in [1.82, 2.24) is 0 Å². The molecule has 0 N–H and O–H groups in total.